The Morgan fingerprint density at radius 3 is 2.42 bits per heavy atom. The molecule has 0 aliphatic carbocycles. The molecule has 2 rings (SSSR count). The molecule has 0 atom stereocenters. The standard InChI is InChI=1S/C19H21BrN2O2/c1-12-5-6-18(17(20)9-12)24-11-19(23)22-21-10-16-14(3)7-13(2)8-15(16)4/h5-10H,11H2,1-4H3,(H,22,23). The van der Waals surface area contributed by atoms with Crippen molar-refractivity contribution in [3.63, 3.8) is 0 Å². The van der Waals surface area contributed by atoms with Gasteiger partial charge < -0.3 is 4.74 Å². The van der Waals surface area contributed by atoms with Gasteiger partial charge in [0.1, 0.15) is 5.75 Å². The molecular weight excluding hydrogens is 368 g/mol. The van der Waals surface area contributed by atoms with Crippen molar-refractivity contribution < 1.29 is 9.53 Å². The summed E-state index contributed by atoms with van der Waals surface area (Å²) < 4.78 is 6.31. The Balaban J connectivity index is 1.91. The molecule has 4 nitrogen and oxygen atoms in total. The lowest BCUT2D eigenvalue weighted by Crippen LogP contribution is -2.24. The molecular formula is C19H21BrN2O2. The lowest BCUT2D eigenvalue weighted by atomic mass is 10.0. The van der Waals surface area contributed by atoms with Gasteiger partial charge in [0.2, 0.25) is 0 Å². The third kappa shape index (κ3) is 4.93. The van der Waals surface area contributed by atoms with Crippen molar-refractivity contribution in [2.24, 2.45) is 5.10 Å². The van der Waals surface area contributed by atoms with E-state index in [1.807, 2.05) is 39.0 Å². The van der Waals surface area contributed by atoms with E-state index in [-0.39, 0.29) is 12.5 Å². The molecule has 1 N–H and O–H groups in total. The number of rotatable bonds is 5. The highest BCUT2D eigenvalue weighted by molar-refractivity contribution is 9.10. The van der Waals surface area contributed by atoms with E-state index in [1.165, 1.54) is 5.56 Å². The van der Waals surface area contributed by atoms with Crippen molar-refractivity contribution in [2.45, 2.75) is 27.7 Å². The van der Waals surface area contributed by atoms with Crippen LogP contribution in [0.2, 0.25) is 0 Å². The number of nitrogens with one attached hydrogen (secondary N) is 1. The van der Waals surface area contributed by atoms with Crippen molar-refractivity contribution in [1.82, 2.24) is 5.43 Å². The van der Waals surface area contributed by atoms with E-state index in [4.69, 9.17) is 4.74 Å². The highest BCUT2D eigenvalue weighted by Gasteiger charge is 2.05. The van der Waals surface area contributed by atoms with Gasteiger partial charge in [-0.25, -0.2) is 5.43 Å². The molecule has 1 amide bonds. The molecule has 0 radical (unpaired) electrons. The van der Waals surface area contributed by atoms with Gasteiger partial charge in [-0.15, -0.1) is 0 Å². The summed E-state index contributed by atoms with van der Waals surface area (Å²) in [5.41, 5.74) is 8.10. The number of benzene rings is 2. The molecule has 0 saturated heterocycles. The van der Waals surface area contributed by atoms with Crippen LogP contribution < -0.4 is 10.2 Å². The highest BCUT2D eigenvalue weighted by Crippen LogP contribution is 2.25. The van der Waals surface area contributed by atoms with Gasteiger partial charge in [-0.2, -0.15) is 5.10 Å². The second kappa shape index (κ2) is 8.11. The Kier molecular flexibility index (Phi) is 6.15. The number of aryl methyl sites for hydroxylation is 4. The maximum Gasteiger partial charge on any atom is 0.277 e. The van der Waals surface area contributed by atoms with Crippen LogP contribution in [-0.4, -0.2) is 18.7 Å². The minimum atomic E-state index is -0.304. The van der Waals surface area contributed by atoms with Crippen LogP contribution in [0.4, 0.5) is 0 Å². The molecule has 0 aliphatic heterocycles. The molecule has 0 saturated carbocycles. The lowest BCUT2D eigenvalue weighted by molar-refractivity contribution is -0.123. The van der Waals surface area contributed by atoms with Crippen molar-refractivity contribution in [1.29, 1.82) is 0 Å². The Bertz CT molecular complexity index is 762. The van der Waals surface area contributed by atoms with Crippen molar-refractivity contribution in [3.05, 3.63) is 62.6 Å². The van der Waals surface area contributed by atoms with E-state index in [2.05, 4.69) is 45.5 Å². The van der Waals surface area contributed by atoms with Crippen LogP contribution in [0, 0.1) is 27.7 Å². The molecule has 0 aromatic heterocycles. The van der Waals surface area contributed by atoms with Gasteiger partial charge in [0.05, 0.1) is 10.7 Å². The fourth-order valence-electron chi connectivity index (χ4n) is 2.46. The minimum absolute atomic E-state index is 0.0924. The molecule has 5 heteroatoms. The largest absolute Gasteiger partial charge is 0.483 e. The maximum atomic E-state index is 11.8. The summed E-state index contributed by atoms with van der Waals surface area (Å²) >= 11 is 3.42. The molecule has 24 heavy (non-hydrogen) atoms. The average molecular weight is 389 g/mol. The van der Waals surface area contributed by atoms with Crippen LogP contribution in [0.25, 0.3) is 0 Å². The zero-order valence-electron chi connectivity index (χ0n) is 14.3. The molecule has 0 bridgehead atoms. The van der Waals surface area contributed by atoms with Crippen LogP contribution in [0.1, 0.15) is 27.8 Å². The lowest BCUT2D eigenvalue weighted by Gasteiger charge is -2.08. The van der Waals surface area contributed by atoms with E-state index < -0.39 is 0 Å². The summed E-state index contributed by atoms with van der Waals surface area (Å²) in [5.74, 6) is 0.325. The van der Waals surface area contributed by atoms with E-state index in [0.29, 0.717) is 5.75 Å². The quantitative estimate of drug-likeness (QED) is 0.615. The normalized spacial score (nSPS) is 10.9. The zero-order chi connectivity index (χ0) is 17.7. The summed E-state index contributed by atoms with van der Waals surface area (Å²) in [6, 6.07) is 9.88. The molecule has 2 aromatic carbocycles. The van der Waals surface area contributed by atoms with E-state index >= 15 is 0 Å². The molecule has 0 aliphatic rings. The van der Waals surface area contributed by atoms with Gasteiger partial charge >= 0.3 is 0 Å². The van der Waals surface area contributed by atoms with Crippen molar-refractivity contribution >= 4 is 28.1 Å². The van der Waals surface area contributed by atoms with Gasteiger partial charge in [0, 0.05) is 5.56 Å². The van der Waals surface area contributed by atoms with Gasteiger partial charge in [-0.3, -0.25) is 4.79 Å². The van der Waals surface area contributed by atoms with Crippen LogP contribution in [0.3, 0.4) is 0 Å². The fraction of sp³-hybridized carbons (Fsp3) is 0.263. The van der Waals surface area contributed by atoms with Gasteiger partial charge in [0.25, 0.3) is 5.91 Å². The molecule has 0 fully saturated rings. The first-order chi connectivity index (χ1) is 11.4. The molecule has 0 heterocycles. The van der Waals surface area contributed by atoms with E-state index in [1.54, 1.807) is 6.21 Å². The second-order valence-electron chi connectivity index (χ2n) is 5.83. The summed E-state index contributed by atoms with van der Waals surface area (Å²) in [7, 11) is 0. The van der Waals surface area contributed by atoms with E-state index in [0.717, 1.165) is 26.7 Å². The number of carbonyl (C=O) groups is 1. The predicted octanol–water partition coefficient (Wildman–Crippen LogP) is 4.21. The monoisotopic (exact) mass is 388 g/mol. The number of hydrogen-bond donors (Lipinski definition) is 1. The Labute approximate surface area is 151 Å². The average Bonchev–Trinajstić information content (AvgIpc) is 2.49. The van der Waals surface area contributed by atoms with Gasteiger partial charge in [-0.05, 0) is 72.4 Å². The van der Waals surface area contributed by atoms with Gasteiger partial charge in [0.15, 0.2) is 6.61 Å². The summed E-state index contributed by atoms with van der Waals surface area (Å²) in [5, 5.41) is 4.03. The number of nitrogens with zero attached hydrogens (tertiary/aromatic N) is 1. The first kappa shape index (κ1) is 18.2. The Morgan fingerprint density at radius 2 is 1.79 bits per heavy atom. The number of hydrazone groups is 1. The SMILES string of the molecule is Cc1cc(C)c(C=NNC(=O)COc2ccc(C)cc2Br)c(C)c1. The second-order valence-corrected chi connectivity index (χ2v) is 6.68. The minimum Gasteiger partial charge on any atom is -0.483 e. The Hall–Kier alpha value is -2.14. The Morgan fingerprint density at radius 1 is 1.12 bits per heavy atom. The number of ether oxygens (including phenoxy) is 1. The number of carbonyl (C=O) groups excluding carboxylic acids is 1. The number of halogens is 1. The molecule has 0 spiro atoms. The molecule has 126 valence electrons. The van der Waals surface area contributed by atoms with Crippen LogP contribution >= 0.6 is 15.9 Å². The van der Waals surface area contributed by atoms with E-state index in [9.17, 15) is 4.79 Å². The fourth-order valence-corrected chi connectivity index (χ4v) is 3.07. The summed E-state index contributed by atoms with van der Waals surface area (Å²) in [6.07, 6.45) is 1.67. The zero-order valence-corrected chi connectivity index (χ0v) is 15.9. The third-order valence-electron chi connectivity index (χ3n) is 3.57. The topological polar surface area (TPSA) is 50.7 Å². The summed E-state index contributed by atoms with van der Waals surface area (Å²) in [6.45, 7) is 8.02. The van der Waals surface area contributed by atoms with Crippen molar-refractivity contribution in [2.75, 3.05) is 6.61 Å². The first-order valence-corrected chi connectivity index (χ1v) is 8.45. The maximum absolute atomic E-state index is 11.8. The molecule has 2 aromatic rings. The highest BCUT2D eigenvalue weighted by atomic mass is 79.9. The third-order valence-corrected chi connectivity index (χ3v) is 4.19. The molecule has 0 unspecified atom stereocenters. The van der Waals surface area contributed by atoms with Crippen LogP contribution in [-0.2, 0) is 4.79 Å². The first-order valence-electron chi connectivity index (χ1n) is 7.65. The van der Waals surface area contributed by atoms with Crippen LogP contribution in [0.15, 0.2) is 39.9 Å². The van der Waals surface area contributed by atoms with Gasteiger partial charge in [-0.1, -0.05) is 23.8 Å². The van der Waals surface area contributed by atoms with Crippen LogP contribution in [0.5, 0.6) is 5.75 Å². The van der Waals surface area contributed by atoms with Crippen molar-refractivity contribution in [3.8, 4) is 5.75 Å². The predicted molar refractivity (Wildman–Crippen MR) is 101 cm³/mol. The number of hydrogen-bond acceptors (Lipinski definition) is 3. The summed E-state index contributed by atoms with van der Waals surface area (Å²) in [4.78, 5) is 11.8. The smallest absolute Gasteiger partial charge is 0.277 e. The number of amides is 1.